The highest BCUT2D eigenvalue weighted by molar-refractivity contribution is 8.00. The molecule has 5 nitrogen and oxygen atoms in total. The van der Waals surface area contributed by atoms with Gasteiger partial charge in [-0.1, -0.05) is 11.6 Å². The Morgan fingerprint density at radius 2 is 2.32 bits per heavy atom. The number of carbonyl (C=O) groups is 1. The topological polar surface area (TPSA) is 78.8 Å². The second kappa shape index (κ2) is 8.27. The van der Waals surface area contributed by atoms with Crippen LogP contribution in [0.4, 0.5) is 5.69 Å². The zero-order chi connectivity index (χ0) is 14.3. The molecule has 0 heterocycles. The highest BCUT2D eigenvalue weighted by Crippen LogP contribution is 2.27. The van der Waals surface area contributed by atoms with Crippen molar-refractivity contribution >= 4 is 35.0 Å². The van der Waals surface area contributed by atoms with Crippen molar-refractivity contribution in [2.24, 2.45) is 0 Å². The molecule has 0 radical (unpaired) electrons. The molecule has 0 bridgehead atoms. The Bertz CT molecular complexity index is 430. The number of rotatable bonds is 7. The maximum Gasteiger partial charge on any atom is 0.234 e. The number of thioether (sulfide) groups is 1. The zero-order valence-corrected chi connectivity index (χ0v) is 12.0. The summed E-state index contributed by atoms with van der Waals surface area (Å²) < 4.78 is 5.11. The van der Waals surface area contributed by atoms with Crippen molar-refractivity contribution in [3.8, 4) is 5.75 Å². The van der Waals surface area contributed by atoms with E-state index in [2.05, 4.69) is 5.32 Å². The number of ether oxygens (including phenoxy) is 1. The molecular weight excluding hydrogens is 290 g/mol. The second-order valence-corrected chi connectivity index (χ2v) is 5.21. The normalized spacial score (nSPS) is 12.0. The summed E-state index contributed by atoms with van der Waals surface area (Å²) in [6.45, 7) is -0.309. The summed E-state index contributed by atoms with van der Waals surface area (Å²) in [5, 5.41) is 21.0. The monoisotopic (exact) mass is 305 g/mol. The van der Waals surface area contributed by atoms with Crippen LogP contribution in [-0.2, 0) is 4.79 Å². The fourth-order valence-electron chi connectivity index (χ4n) is 1.30. The van der Waals surface area contributed by atoms with Gasteiger partial charge in [-0.15, -0.1) is 11.8 Å². The molecule has 1 aromatic rings. The minimum Gasteiger partial charge on any atom is -0.495 e. The van der Waals surface area contributed by atoms with Crippen molar-refractivity contribution in [3.05, 3.63) is 23.2 Å². The van der Waals surface area contributed by atoms with Crippen LogP contribution < -0.4 is 10.1 Å². The largest absolute Gasteiger partial charge is 0.495 e. The minimum atomic E-state index is -0.807. The Balaban J connectivity index is 2.50. The lowest BCUT2D eigenvalue weighted by atomic mass is 10.3. The first-order chi connectivity index (χ1) is 9.06. The van der Waals surface area contributed by atoms with Gasteiger partial charge < -0.3 is 20.3 Å². The van der Waals surface area contributed by atoms with E-state index in [1.54, 1.807) is 18.2 Å². The molecule has 0 aliphatic heterocycles. The molecule has 0 saturated carbocycles. The van der Waals surface area contributed by atoms with Gasteiger partial charge in [-0.25, -0.2) is 0 Å². The molecule has 3 N–H and O–H groups in total. The standard InChI is InChI=1S/C12H16ClNO4S/c1-18-11-3-2-8(13)4-10(11)14-12(17)7-19-6-9(16)5-15/h2-4,9,15-16H,5-7H2,1H3,(H,14,17). The van der Waals surface area contributed by atoms with Crippen molar-refractivity contribution in [2.75, 3.05) is 30.5 Å². The predicted molar refractivity (Wildman–Crippen MR) is 77.1 cm³/mol. The van der Waals surface area contributed by atoms with Gasteiger partial charge in [0.2, 0.25) is 5.91 Å². The van der Waals surface area contributed by atoms with E-state index in [1.807, 2.05) is 0 Å². The lowest BCUT2D eigenvalue weighted by Crippen LogP contribution is -2.19. The summed E-state index contributed by atoms with van der Waals surface area (Å²) in [5.74, 6) is 0.775. The van der Waals surface area contributed by atoms with Crippen molar-refractivity contribution in [3.63, 3.8) is 0 Å². The van der Waals surface area contributed by atoms with E-state index in [1.165, 1.54) is 18.9 Å². The second-order valence-electron chi connectivity index (χ2n) is 3.74. The lowest BCUT2D eigenvalue weighted by molar-refractivity contribution is -0.113. The summed E-state index contributed by atoms with van der Waals surface area (Å²) in [6, 6.07) is 4.94. The van der Waals surface area contributed by atoms with Gasteiger partial charge in [-0.2, -0.15) is 0 Å². The highest BCUT2D eigenvalue weighted by Gasteiger charge is 2.09. The Morgan fingerprint density at radius 3 is 2.95 bits per heavy atom. The maximum atomic E-state index is 11.7. The number of benzene rings is 1. The van der Waals surface area contributed by atoms with Gasteiger partial charge >= 0.3 is 0 Å². The minimum absolute atomic E-state index is 0.173. The number of anilines is 1. The van der Waals surface area contributed by atoms with Crippen LogP contribution in [0.3, 0.4) is 0 Å². The van der Waals surface area contributed by atoms with Crippen molar-refractivity contribution in [2.45, 2.75) is 6.10 Å². The summed E-state index contributed by atoms with van der Waals surface area (Å²) in [7, 11) is 1.51. The molecule has 1 atom stereocenters. The number of hydrogen-bond donors (Lipinski definition) is 3. The SMILES string of the molecule is COc1ccc(Cl)cc1NC(=O)CSCC(O)CO. The first-order valence-electron chi connectivity index (χ1n) is 5.57. The van der Waals surface area contributed by atoms with Gasteiger partial charge in [-0.3, -0.25) is 4.79 Å². The molecule has 106 valence electrons. The zero-order valence-electron chi connectivity index (χ0n) is 10.4. The Hall–Kier alpha value is -0.950. The quantitative estimate of drug-likeness (QED) is 0.709. The van der Waals surface area contributed by atoms with Gasteiger partial charge in [0.05, 0.1) is 31.3 Å². The number of carbonyl (C=O) groups excluding carboxylic acids is 1. The molecule has 0 aliphatic rings. The molecule has 1 unspecified atom stereocenters. The van der Waals surface area contributed by atoms with Gasteiger partial charge in [0.25, 0.3) is 0 Å². The fourth-order valence-corrected chi connectivity index (χ4v) is 2.23. The number of aliphatic hydroxyl groups is 2. The summed E-state index contributed by atoms with van der Waals surface area (Å²) in [4.78, 5) is 11.7. The lowest BCUT2D eigenvalue weighted by Gasteiger charge is -2.11. The molecule has 0 aliphatic carbocycles. The van der Waals surface area contributed by atoms with Gasteiger partial charge in [0, 0.05) is 10.8 Å². The third kappa shape index (κ3) is 5.69. The Labute approximate surface area is 120 Å². The first kappa shape index (κ1) is 16.1. The number of hydrogen-bond acceptors (Lipinski definition) is 5. The number of nitrogens with one attached hydrogen (secondary N) is 1. The molecule has 7 heteroatoms. The van der Waals surface area contributed by atoms with Crippen LogP contribution in [0, 0.1) is 0 Å². The van der Waals surface area contributed by atoms with Crippen LogP contribution in [0.15, 0.2) is 18.2 Å². The molecule has 0 saturated heterocycles. The maximum absolute atomic E-state index is 11.7. The third-order valence-electron chi connectivity index (χ3n) is 2.19. The van der Waals surface area contributed by atoms with Crippen molar-refractivity contribution < 1.29 is 19.7 Å². The van der Waals surface area contributed by atoms with Crippen LogP contribution in [0.2, 0.25) is 5.02 Å². The number of halogens is 1. The van der Waals surface area contributed by atoms with E-state index in [-0.39, 0.29) is 18.3 Å². The van der Waals surface area contributed by atoms with Crippen LogP contribution in [0.25, 0.3) is 0 Å². The van der Waals surface area contributed by atoms with Gasteiger partial charge in [0.15, 0.2) is 0 Å². The van der Waals surface area contributed by atoms with Gasteiger partial charge in [0.1, 0.15) is 5.75 Å². The van der Waals surface area contributed by atoms with Crippen LogP contribution >= 0.6 is 23.4 Å². The molecule has 0 aromatic heterocycles. The molecule has 1 amide bonds. The van der Waals surface area contributed by atoms with E-state index in [9.17, 15) is 4.79 Å². The van der Waals surface area contributed by atoms with Crippen molar-refractivity contribution in [1.82, 2.24) is 0 Å². The van der Waals surface area contributed by atoms with Crippen LogP contribution in [0.1, 0.15) is 0 Å². The Kier molecular flexibility index (Phi) is 7.01. The summed E-state index contributed by atoms with van der Waals surface area (Å²) >= 11 is 7.08. The van der Waals surface area contributed by atoms with E-state index in [0.717, 1.165) is 0 Å². The number of amides is 1. The van der Waals surface area contributed by atoms with E-state index >= 15 is 0 Å². The summed E-state index contributed by atoms with van der Waals surface area (Å²) in [6.07, 6.45) is -0.807. The molecule has 1 rings (SSSR count). The van der Waals surface area contributed by atoms with E-state index < -0.39 is 6.10 Å². The molecule has 0 fully saturated rings. The van der Waals surface area contributed by atoms with E-state index in [4.69, 9.17) is 26.6 Å². The average Bonchev–Trinajstić information content (AvgIpc) is 2.38. The number of methoxy groups -OCH3 is 1. The molecule has 1 aromatic carbocycles. The predicted octanol–water partition coefficient (Wildman–Crippen LogP) is 1.37. The fraction of sp³-hybridized carbons (Fsp3) is 0.417. The first-order valence-corrected chi connectivity index (χ1v) is 7.10. The van der Waals surface area contributed by atoms with Gasteiger partial charge in [-0.05, 0) is 18.2 Å². The number of aliphatic hydroxyl groups excluding tert-OH is 2. The highest BCUT2D eigenvalue weighted by atomic mass is 35.5. The summed E-state index contributed by atoms with van der Waals surface area (Å²) in [5.41, 5.74) is 0.503. The van der Waals surface area contributed by atoms with Crippen LogP contribution in [-0.4, -0.2) is 47.4 Å². The van der Waals surface area contributed by atoms with E-state index in [0.29, 0.717) is 22.2 Å². The molecular formula is C12H16ClNO4S. The molecule has 19 heavy (non-hydrogen) atoms. The smallest absolute Gasteiger partial charge is 0.234 e. The Morgan fingerprint density at radius 1 is 1.58 bits per heavy atom. The third-order valence-corrected chi connectivity index (χ3v) is 3.51. The molecule has 0 spiro atoms. The average molecular weight is 306 g/mol. The van der Waals surface area contributed by atoms with Crippen molar-refractivity contribution in [1.29, 1.82) is 0 Å². The van der Waals surface area contributed by atoms with Crippen LogP contribution in [0.5, 0.6) is 5.75 Å².